The maximum atomic E-state index is 7.22. The maximum Gasteiger partial charge on any atom is 0.140 e. The van der Waals surface area contributed by atoms with E-state index < -0.39 is 10.8 Å². The molecule has 0 saturated heterocycles. The van der Waals surface area contributed by atoms with Gasteiger partial charge in [-0.25, -0.2) is 0 Å². The van der Waals surface area contributed by atoms with Crippen LogP contribution in [0.25, 0.3) is 66.1 Å². The molecule has 0 N–H and O–H groups in total. The third-order valence-corrected chi connectivity index (χ3v) is 16.5. The first-order chi connectivity index (χ1) is 35.7. The highest BCUT2D eigenvalue weighted by molar-refractivity contribution is 6.03. The van der Waals surface area contributed by atoms with Gasteiger partial charge in [-0.3, -0.25) is 0 Å². The van der Waals surface area contributed by atoms with Gasteiger partial charge in [-0.15, -0.1) is 0 Å². The lowest BCUT2D eigenvalue weighted by Crippen LogP contribution is -2.32. The van der Waals surface area contributed by atoms with Crippen molar-refractivity contribution in [1.29, 1.82) is 0 Å². The zero-order chi connectivity index (χ0) is 47.1. The molecule has 12 aromatic rings. The van der Waals surface area contributed by atoms with E-state index in [1.807, 2.05) is 0 Å². The first kappa shape index (κ1) is 39.6. The van der Waals surface area contributed by atoms with Crippen molar-refractivity contribution in [1.82, 2.24) is 0 Å². The highest BCUT2D eigenvalue weighted by Gasteiger charge is 2.54. The van der Waals surface area contributed by atoms with Crippen LogP contribution in [0, 0.1) is 0 Å². The molecule has 334 valence electrons. The van der Waals surface area contributed by atoms with Crippen LogP contribution in [0.1, 0.15) is 44.5 Å². The Kier molecular flexibility index (Phi) is 8.05. The Labute approximate surface area is 418 Å². The van der Waals surface area contributed by atoms with Gasteiger partial charge in [-0.2, -0.15) is 0 Å². The average molecular weight is 914 g/mol. The Balaban J connectivity index is 0.898. The molecule has 1 aliphatic heterocycles. The van der Waals surface area contributed by atoms with Gasteiger partial charge in [-0.05, 0) is 119 Å². The van der Waals surface area contributed by atoms with Crippen molar-refractivity contribution in [2.75, 3.05) is 4.90 Å². The van der Waals surface area contributed by atoms with Gasteiger partial charge < -0.3 is 9.64 Å². The van der Waals surface area contributed by atoms with Gasteiger partial charge >= 0.3 is 0 Å². The van der Waals surface area contributed by atoms with Gasteiger partial charge in [-0.1, -0.05) is 224 Å². The Bertz CT molecular complexity index is 4150. The van der Waals surface area contributed by atoms with E-state index in [4.69, 9.17) is 4.74 Å². The molecule has 0 amide bonds. The minimum atomic E-state index is -0.602. The lowest BCUT2D eigenvalue weighted by molar-refractivity contribution is 0.447. The highest BCUT2D eigenvalue weighted by atomic mass is 16.5. The van der Waals surface area contributed by atoms with Crippen LogP contribution in [-0.4, -0.2) is 0 Å². The number of rotatable bonds is 4. The Morgan fingerprint density at radius 1 is 0.278 bits per heavy atom. The van der Waals surface area contributed by atoms with Gasteiger partial charge in [0.1, 0.15) is 11.5 Å². The molecule has 2 heteroatoms. The van der Waals surface area contributed by atoms with E-state index in [9.17, 15) is 0 Å². The quantitative estimate of drug-likeness (QED) is 0.174. The second-order valence-electron chi connectivity index (χ2n) is 19.8. The first-order valence-corrected chi connectivity index (χ1v) is 25.1. The molecule has 0 radical (unpaired) electrons. The van der Waals surface area contributed by atoms with E-state index in [2.05, 4.69) is 266 Å². The number of hydrogen-bond donors (Lipinski definition) is 0. The summed E-state index contributed by atoms with van der Waals surface area (Å²) in [6.45, 7) is 0. The molecule has 0 saturated carbocycles. The molecule has 16 rings (SSSR count). The van der Waals surface area contributed by atoms with Crippen LogP contribution >= 0.6 is 0 Å². The van der Waals surface area contributed by atoms with E-state index in [1.54, 1.807) is 0 Å². The van der Waals surface area contributed by atoms with E-state index in [0.717, 1.165) is 44.9 Å². The minimum absolute atomic E-state index is 0.441. The summed E-state index contributed by atoms with van der Waals surface area (Å²) in [6, 6.07) is 97.0. The molecule has 4 aliphatic rings. The summed E-state index contributed by atoms with van der Waals surface area (Å²) in [5.74, 6) is 1.86. The molecular weight excluding hydrogens is 871 g/mol. The zero-order valence-electron chi connectivity index (χ0n) is 39.2. The van der Waals surface area contributed by atoms with Crippen molar-refractivity contribution in [2.45, 2.75) is 10.8 Å². The van der Waals surface area contributed by atoms with Crippen molar-refractivity contribution in [3.05, 3.63) is 305 Å². The number of benzene rings is 12. The third-order valence-electron chi connectivity index (χ3n) is 16.5. The number of anilines is 3. The maximum absolute atomic E-state index is 7.22. The fraction of sp³-hybridized carbons (Fsp3) is 0.0286. The van der Waals surface area contributed by atoms with E-state index in [0.29, 0.717) is 0 Å². The standard InChI is InChI=1S/C70H43NO/c1-2-21-48(22-3-1)71(65-35-17-34-62-66(65)55-29-11-15-33-60(55)69(62)57-30-12-8-26-52(57)53-27-9-13-31-58(53)69)49-23-16-20-46(42-49)47-38-39-61-56(43-47)54-28-10-14-32-59(54)70(61)63-40-36-44-18-4-6-24-50(44)67(63)72-68-51-25-7-5-19-45(51)37-41-64(68)70/h1-43H. The predicted molar refractivity (Wildman–Crippen MR) is 295 cm³/mol. The summed E-state index contributed by atoms with van der Waals surface area (Å²) < 4.78 is 7.22. The molecule has 0 atom stereocenters. The summed E-state index contributed by atoms with van der Waals surface area (Å²) in [7, 11) is 0. The molecule has 0 unspecified atom stereocenters. The Morgan fingerprint density at radius 3 is 1.36 bits per heavy atom. The summed E-state index contributed by atoms with van der Waals surface area (Å²) in [5, 5.41) is 4.58. The molecule has 2 nitrogen and oxygen atoms in total. The molecular formula is C70H43NO. The molecule has 1 heterocycles. The lowest BCUT2D eigenvalue weighted by Gasteiger charge is -2.40. The molecule has 72 heavy (non-hydrogen) atoms. The second-order valence-corrected chi connectivity index (χ2v) is 19.8. The summed E-state index contributed by atoms with van der Waals surface area (Å²) >= 11 is 0. The number of nitrogens with zero attached hydrogens (tertiary/aromatic N) is 1. The fourth-order valence-corrected chi connectivity index (χ4v) is 13.7. The van der Waals surface area contributed by atoms with Gasteiger partial charge in [0.25, 0.3) is 0 Å². The van der Waals surface area contributed by atoms with Gasteiger partial charge in [0.05, 0.1) is 16.5 Å². The Hall–Kier alpha value is -9.24. The predicted octanol–water partition coefficient (Wildman–Crippen LogP) is 17.9. The normalized spacial score (nSPS) is 14.2. The molecule has 0 aromatic heterocycles. The third kappa shape index (κ3) is 5.03. The Morgan fingerprint density at radius 2 is 0.722 bits per heavy atom. The molecule has 3 aliphatic carbocycles. The number of ether oxygens (including phenoxy) is 1. The highest BCUT2D eigenvalue weighted by Crippen LogP contribution is 2.66. The summed E-state index contributed by atoms with van der Waals surface area (Å²) in [6.07, 6.45) is 0. The van der Waals surface area contributed by atoms with Crippen molar-refractivity contribution in [3.63, 3.8) is 0 Å². The lowest BCUT2D eigenvalue weighted by atomic mass is 9.65. The molecule has 0 bridgehead atoms. The van der Waals surface area contributed by atoms with E-state index in [-0.39, 0.29) is 0 Å². The molecule has 2 spiro atoms. The van der Waals surface area contributed by atoms with Gasteiger partial charge in [0, 0.05) is 38.8 Å². The van der Waals surface area contributed by atoms with Crippen LogP contribution in [0.4, 0.5) is 17.1 Å². The monoisotopic (exact) mass is 913 g/mol. The van der Waals surface area contributed by atoms with Crippen LogP contribution in [0.5, 0.6) is 11.5 Å². The smallest absolute Gasteiger partial charge is 0.140 e. The first-order valence-electron chi connectivity index (χ1n) is 25.1. The SMILES string of the molecule is c1ccc(N(c2cccc(-c3ccc4c(c3)-c3ccccc3C43c4ccc5ccccc5c4Oc4c3ccc3ccccc43)c2)c2cccc3c2-c2ccccc2C32c3ccccc3-c3ccccc32)cc1. The summed E-state index contributed by atoms with van der Waals surface area (Å²) in [4.78, 5) is 2.48. The van der Waals surface area contributed by atoms with Gasteiger partial charge in [0.2, 0.25) is 0 Å². The number of para-hydroxylation sites is 1. The topological polar surface area (TPSA) is 12.5 Å². The summed E-state index contributed by atoms with van der Waals surface area (Å²) in [5.41, 5.74) is 22.5. The molecule has 0 fully saturated rings. The van der Waals surface area contributed by atoms with Gasteiger partial charge in [0.15, 0.2) is 0 Å². The fourth-order valence-electron chi connectivity index (χ4n) is 13.7. The van der Waals surface area contributed by atoms with Crippen molar-refractivity contribution >= 4 is 38.6 Å². The van der Waals surface area contributed by atoms with E-state index >= 15 is 0 Å². The van der Waals surface area contributed by atoms with E-state index in [1.165, 1.54) is 94.2 Å². The van der Waals surface area contributed by atoms with Crippen LogP contribution in [-0.2, 0) is 10.8 Å². The number of hydrogen-bond acceptors (Lipinski definition) is 2. The van der Waals surface area contributed by atoms with Crippen molar-refractivity contribution < 1.29 is 4.74 Å². The second kappa shape index (κ2) is 14.6. The van der Waals surface area contributed by atoms with Crippen LogP contribution in [0.15, 0.2) is 261 Å². The van der Waals surface area contributed by atoms with Crippen molar-refractivity contribution in [3.8, 4) is 56.0 Å². The largest absolute Gasteiger partial charge is 0.455 e. The average Bonchev–Trinajstić information content (AvgIpc) is 4.04. The minimum Gasteiger partial charge on any atom is -0.455 e. The number of fused-ring (bicyclic) bond motifs is 23. The molecule has 12 aromatic carbocycles. The van der Waals surface area contributed by atoms with Crippen LogP contribution in [0.2, 0.25) is 0 Å². The van der Waals surface area contributed by atoms with Crippen LogP contribution in [0.3, 0.4) is 0 Å². The van der Waals surface area contributed by atoms with Crippen molar-refractivity contribution in [2.24, 2.45) is 0 Å². The zero-order valence-corrected chi connectivity index (χ0v) is 39.2. The van der Waals surface area contributed by atoms with Crippen LogP contribution < -0.4 is 9.64 Å².